The molecule has 37 heavy (non-hydrogen) atoms. The highest BCUT2D eigenvalue weighted by atomic mass is 79.9. The summed E-state index contributed by atoms with van der Waals surface area (Å²) >= 11 is 3.41. The van der Waals surface area contributed by atoms with Gasteiger partial charge >= 0.3 is 0 Å². The molecule has 1 atom stereocenters. The first-order valence-corrected chi connectivity index (χ1v) is 14.3. The van der Waals surface area contributed by atoms with Gasteiger partial charge in [-0.2, -0.15) is 0 Å². The Balaban J connectivity index is 2.00. The van der Waals surface area contributed by atoms with Crippen LogP contribution in [0.4, 0.5) is 5.69 Å². The van der Waals surface area contributed by atoms with Crippen LogP contribution >= 0.6 is 15.9 Å². The third-order valence-corrected chi connectivity index (χ3v) is 8.20. The molecule has 2 amide bonds. The van der Waals surface area contributed by atoms with Gasteiger partial charge in [-0.15, -0.1) is 0 Å². The zero-order valence-electron chi connectivity index (χ0n) is 21.2. The summed E-state index contributed by atoms with van der Waals surface area (Å²) in [6.07, 6.45) is 0.759. The molecule has 3 aromatic rings. The van der Waals surface area contributed by atoms with E-state index in [9.17, 15) is 18.0 Å². The van der Waals surface area contributed by atoms with Gasteiger partial charge in [0.05, 0.1) is 10.6 Å². The molecule has 1 unspecified atom stereocenters. The van der Waals surface area contributed by atoms with Gasteiger partial charge in [-0.3, -0.25) is 13.9 Å². The summed E-state index contributed by atoms with van der Waals surface area (Å²) in [6.45, 7) is 5.65. The van der Waals surface area contributed by atoms with Gasteiger partial charge in [0.25, 0.3) is 10.0 Å². The Hall–Kier alpha value is -3.17. The lowest BCUT2D eigenvalue weighted by Gasteiger charge is -2.32. The van der Waals surface area contributed by atoms with Crippen LogP contribution in [-0.4, -0.2) is 44.3 Å². The topological polar surface area (TPSA) is 86.8 Å². The van der Waals surface area contributed by atoms with Crippen molar-refractivity contribution in [3.63, 3.8) is 0 Å². The largest absolute Gasteiger partial charge is 0.354 e. The van der Waals surface area contributed by atoms with Crippen LogP contribution in [0.3, 0.4) is 0 Å². The Kier molecular flexibility index (Phi) is 9.88. The molecule has 0 aliphatic heterocycles. The van der Waals surface area contributed by atoms with E-state index in [0.29, 0.717) is 12.2 Å². The molecule has 0 radical (unpaired) electrons. The Labute approximate surface area is 227 Å². The number of amides is 2. The molecule has 0 aliphatic rings. The smallest absolute Gasteiger partial charge is 0.264 e. The molecule has 0 spiro atoms. The van der Waals surface area contributed by atoms with Crippen molar-refractivity contribution in [1.82, 2.24) is 10.2 Å². The van der Waals surface area contributed by atoms with E-state index in [1.807, 2.05) is 44.2 Å². The summed E-state index contributed by atoms with van der Waals surface area (Å²) in [4.78, 5) is 28.2. The Morgan fingerprint density at radius 3 is 2.27 bits per heavy atom. The molecule has 196 valence electrons. The molecule has 0 heterocycles. The number of aryl methyl sites for hydroxylation is 1. The van der Waals surface area contributed by atoms with Gasteiger partial charge in [-0.05, 0) is 67.8 Å². The standard InChI is InChI=1S/C28H32BrN3O4S/c1-4-17-30-28(34)22(3)31(19-23-13-15-24(29)16-14-23)27(33)20-32(25-10-8-9-21(2)18-25)37(35,36)26-11-6-5-7-12-26/h5-16,18,22H,4,17,19-20H2,1-3H3,(H,30,34). The first kappa shape index (κ1) is 28.4. The number of rotatable bonds is 11. The zero-order valence-corrected chi connectivity index (χ0v) is 23.6. The van der Waals surface area contributed by atoms with Crippen LogP contribution < -0.4 is 9.62 Å². The van der Waals surface area contributed by atoms with E-state index < -0.39 is 28.5 Å². The molecule has 3 aromatic carbocycles. The number of benzene rings is 3. The van der Waals surface area contributed by atoms with Crippen LogP contribution in [0.1, 0.15) is 31.4 Å². The van der Waals surface area contributed by atoms with Crippen molar-refractivity contribution < 1.29 is 18.0 Å². The highest BCUT2D eigenvalue weighted by Gasteiger charge is 2.32. The number of nitrogens with one attached hydrogen (secondary N) is 1. The average Bonchev–Trinajstić information content (AvgIpc) is 2.89. The van der Waals surface area contributed by atoms with Crippen LogP contribution in [0.15, 0.2) is 88.2 Å². The maximum absolute atomic E-state index is 13.8. The van der Waals surface area contributed by atoms with Gasteiger partial charge in [0.1, 0.15) is 12.6 Å². The average molecular weight is 587 g/mol. The molecule has 0 saturated heterocycles. The number of sulfonamides is 1. The number of hydrogen-bond acceptors (Lipinski definition) is 4. The van der Waals surface area contributed by atoms with Crippen molar-refractivity contribution in [1.29, 1.82) is 0 Å². The minimum atomic E-state index is -4.06. The van der Waals surface area contributed by atoms with Crippen LogP contribution in [-0.2, 0) is 26.2 Å². The minimum Gasteiger partial charge on any atom is -0.354 e. The molecule has 9 heteroatoms. The number of anilines is 1. The SMILES string of the molecule is CCCNC(=O)C(C)N(Cc1ccc(Br)cc1)C(=O)CN(c1cccc(C)c1)S(=O)(=O)c1ccccc1. The van der Waals surface area contributed by atoms with Crippen molar-refractivity contribution in [2.24, 2.45) is 0 Å². The molecule has 0 fully saturated rings. The lowest BCUT2D eigenvalue weighted by molar-refractivity contribution is -0.139. The van der Waals surface area contributed by atoms with Crippen LogP contribution in [0, 0.1) is 6.92 Å². The second-order valence-corrected chi connectivity index (χ2v) is 11.6. The van der Waals surface area contributed by atoms with E-state index in [1.165, 1.54) is 17.0 Å². The van der Waals surface area contributed by atoms with Crippen LogP contribution in [0.2, 0.25) is 0 Å². The monoisotopic (exact) mass is 585 g/mol. The summed E-state index contributed by atoms with van der Waals surface area (Å²) < 4.78 is 29.4. The van der Waals surface area contributed by atoms with E-state index in [2.05, 4.69) is 21.2 Å². The van der Waals surface area contributed by atoms with Crippen LogP contribution in [0.25, 0.3) is 0 Å². The van der Waals surface area contributed by atoms with Crippen molar-refractivity contribution in [3.05, 3.63) is 94.5 Å². The summed E-state index contributed by atoms with van der Waals surface area (Å²) in [6, 6.07) is 21.7. The highest BCUT2D eigenvalue weighted by molar-refractivity contribution is 9.10. The van der Waals surface area contributed by atoms with E-state index in [0.717, 1.165) is 26.3 Å². The van der Waals surface area contributed by atoms with Crippen LogP contribution in [0.5, 0.6) is 0 Å². The molecular weight excluding hydrogens is 554 g/mol. The lowest BCUT2D eigenvalue weighted by atomic mass is 10.1. The molecule has 1 N–H and O–H groups in total. The third kappa shape index (κ3) is 7.42. The molecule has 0 aromatic heterocycles. The van der Waals surface area contributed by atoms with Gasteiger partial charge in [0.2, 0.25) is 11.8 Å². The van der Waals surface area contributed by atoms with Crippen molar-refractivity contribution >= 4 is 43.5 Å². The maximum Gasteiger partial charge on any atom is 0.264 e. The van der Waals surface area contributed by atoms with E-state index in [4.69, 9.17) is 0 Å². The van der Waals surface area contributed by atoms with Gasteiger partial charge in [0, 0.05) is 17.6 Å². The van der Waals surface area contributed by atoms with Gasteiger partial charge in [-0.25, -0.2) is 8.42 Å². The number of hydrogen-bond donors (Lipinski definition) is 1. The fourth-order valence-electron chi connectivity index (χ4n) is 3.80. The fraction of sp³-hybridized carbons (Fsp3) is 0.286. The Morgan fingerprint density at radius 2 is 1.65 bits per heavy atom. The minimum absolute atomic E-state index is 0.0810. The van der Waals surface area contributed by atoms with Crippen molar-refractivity contribution in [2.75, 3.05) is 17.4 Å². The normalized spacial score (nSPS) is 12.0. The molecule has 3 rings (SSSR count). The molecular formula is C28H32BrN3O4S. The Bertz CT molecular complexity index is 1310. The lowest BCUT2D eigenvalue weighted by Crippen LogP contribution is -2.51. The number of halogens is 1. The summed E-state index contributed by atoms with van der Waals surface area (Å²) in [5.74, 6) is -0.775. The van der Waals surface area contributed by atoms with Crippen molar-refractivity contribution in [3.8, 4) is 0 Å². The molecule has 0 bridgehead atoms. The zero-order chi connectivity index (χ0) is 27.0. The van der Waals surface area contributed by atoms with E-state index in [-0.39, 0.29) is 17.3 Å². The highest BCUT2D eigenvalue weighted by Crippen LogP contribution is 2.25. The molecule has 0 saturated carbocycles. The van der Waals surface area contributed by atoms with Gasteiger partial charge in [0.15, 0.2) is 0 Å². The number of carbonyl (C=O) groups excluding carboxylic acids is 2. The predicted octanol–water partition coefficient (Wildman–Crippen LogP) is 4.90. The second-order valence-electron chi connectivity index (χ2n) is 8.78. The van der Waals surface area contributed by atoms with Crippen molar-refractivity contribution in [2.45, 2.75) is 44.7 Å². The van der Waals surface area contributed by atoms with Gasteiger partial charge < -0.3 is 10.2 Å². The third-order valence-electron chi connectivity index (χ3n) is 5.88. The molecule has 7 nitrogen and oxygen atoms in total. The molecule has 0 aliphatic carbocycles. The summed E-state index contributed by atoms with van der Waals surface area (Å²) in [5.41, 5.74) is 2.06. The summed E-state index contributed by atoms with van der Waals surface area (Å²) in [5, 5.41) is 2.84. The predicted molar refractivity (Wildman–Crippen MR) is 150 cm³/mol. The first-order valence-electron chi connectivity index (χ1n) is 12.1. The second kappa shape index (κ2) is 12.9. The van der Waals surface area contributed by atoms with E-state index >= 15 is 0 Å². The fourth-order valence-corrected chi connectivity index (χ4v) is 5.49. The maximum atomic E-state index is 13.8. The quantitative estimate of drug-likeness (QED) is 0.347. The summed E-state index contributed by atoms with van der Waals surface area (Å²) in [7, 11) is -4.06. The van der Waals surface area contributed by atoms with E-state index in [1.54, 1.807) is 43.3 Å². The number of nitrogens with zero attached hydrogens (tertiary/aromatic N) is 2. The Morgan fingerprint density at radius 1 is 0.973 bits per heavy atom. The number of carbonyl (C=O) groups is 2. The van der Waals surface area contributed by atoms with Gasteiger partial charge in [-0.1, -0.05) is 65.3 Å². The first-order chi connectivity index (χ1) is 17.6.